The number of nitrogens with zero attached hydrogens (tertiary/aromatic N) is 3. The molecule has 0 unspecified atom stereocenters. The summed E-state index contributed by atoms with van der Waals surface area (Å²) in [4.78, 5) is 16.9. The Morgan fingerprint density at radius 3 is 2.60 bits per heavy atom. The molecule has 2 aromatic heterocycles. The maximum absolute atomic E-state index is 14.2. The molecule has 0 spiro atoms. The Balaban J connectivity index is 1.98. The second-order valence-corrected chi connectivity index (χ2v) is 5.48. The summed E-state index contributed by atoms with van der Waals surface area (Å²) < 4.78 is 42.1. The van der Waals surface area contributed by atoms with Crippen molar-refractivity contribution in [2.45, 2.75) is 12.3 Å². The molecule has 2 aromatic rings. The van der Waals surface area contributed by atoms with Crippen molar-refractivity contribution in [2.75, 3.05) is 13.1 Å². The van der Waals surface area contributed by atoms with Crippen LogP contribution in [-0.2, 0) is 0 Å². The highest BCUT2D eigenvalue weighted by atomic mass is 79.9. The lowest BCUT2D eigenvalue weighted by Gasteiger charge is -2.12. The largest absolute Gasteiger partial charge is 0.331 e. The summed E-state index contributed by atoms with van der Waals surface area (Å²) in [6.07, 6.45) is -2.03. The quantitative estimate of drug-likeness (QED) is 0.794. The van der Waals surface area contributed by atoms with E-state index >= 15 is 0 Å². The van der Waals surface area contributed by atoms with Crippen LogP contribution >= 0.6 is 15.9 Å². The molecule has 1 fully saturated rings. The summed E-state index contributed by atoms with van der Waals surface area (Å²) in [7, 11) is 0. The summed E-state index contributed by atoms with van der Waals surface area (Å²) in [6, 6.07) is 3.19. The first-order valence-corrected chi connectivity index (χ1v) is 6.67. The first-order valence-electron chi connectivity index (χ1n) is 5.88. The number of pyridine rings is 1. The second-order valence-electron chi connectivity index (χ2n) is 4.57. The molecule has 1 amide bonds. The number of rotatable bonds is 1. The van der Waals surface area contributed by atoms with Crippen LogP contribution in [0.2, 0.25) is 0 Å². The third-order valence-electron chi connectivity index (χ3n) is 3.20. The molecule has 0 aliphatic carbocycles. The molecule has 1 saturated heterocycles. The third kappa shape index (κ3) is 2.07. The van der Waals surface area contributed by atoms with E-state index in [1.54, 1.807) is 6.07 Å². The van der Waals surface area contributed by atoms with Crippen LogP contribution in [0.25, 0.3) is 5.65 Å². The predicted octanol–water partition coefficient (Wildman–Crippen LogP) is 2.37. The first kappa shape index (κ1) is 13.4. The van der Waals surface area contributed by atoms with E-state index in [0.29, 0.717) is 4.47 Å². The van der Waals surface area contributed by atoms with Gasteiger partial charge in [-0.2, -0.15) is 4.39 Å². The lowest BCUT2D eigenvalue weighted by molar-refractivity contribution is 0.0768. The zero-order chi connectivity index (χ0) is 14.4. The van der Waals surface area contributed by atoms with E-state index in [1.165, 1.54) is 12.3 Å². The molecule has 0 aromatic carbocycles. The van der Waals surface area contributed by atoms with E-state index in [4.69, 9.17) is 0 Å². The SMILES string of the molecule is O=C(c1nc2ccc(Br)cn2c1F)N1C[C@@H](F)[C@@H](F)C1. The number of fused-ring (bicyclic) bond motifs is 1. The van der Waals surface area contributed by atoms with E-state index in [9.17, 15) is 18.0 Å². The predicted molar refractivity (Wildman–Crippen MR) is 68.5 cm³/mol. The maximum atomic E-state index is 14.2. The highest BCUT2D eigenvalue weighted by molar-refractivity contribution is 9.10. The minimum atomic E-state index is -1.73. The molecule has 0 saturated carbocycles. The Hall–Kier alpha value is -1.57. The molecule has 3 heterocycles. The van der Waals surface area contributed by atoms with Gasteiger partial charge >= 0.3 is 0 Å². The van der Waals surface area contributed by atoms with Gasteiger partial charge in [-0.1, -0.05) is 0 Å². The molecule has 0 bridgehead atoms. The number of alkyl halides is 2. The molecule has 0 N–H and O–H groups in total. The van der Waals surface area contributed by atoms with Crippen molar-refractivity contribution in [1.82, 2.24) is 14.3 Å². The highest BCUT2D eigenvalue weighted by Crippen LogP contribution is 2.21. The molecule has 2 atom stereocenters. The van der Waals surface area contributed by atoms with Gasteiger partial charge in [0, 0.05) is 10.7 Å². The summed E-state index contributed by atoms with van der Waals surface area (Å²) in [6.45, 7) is -0.756. The summed E-state index contributed by atoms with van der Waals surface area (Å²) in [5, 5.41) is 0. The zero-order valence-electron chi connectivity index (χ0n) is 10.1. The number of halogens is 4. The fourth-order valence-corrected chi connectivity index (χ4v) is 2.50. The lowest BCUT2D eigenvalue weighted by atomic mass is 10.3. The number of likely N-dealkylation sites (tertiary alicyclic amines) is 1. The Kier molecular flexibility index (Phi) is 3.19. The Morgan fingerprint density at radius 2 is 1.95 bits per heavy atom. The van der Waals surface area contributed by atoms with Gasteiger partial charge in [-0.25, -0.2) is 13.8 Å². The van der Waals surface area contributed by atoms with Crippen molar-refractivity contribution in [3.63, 3.8) is 0 Å². The van der Waals surface area contributed by atoms with Crippen LogP contribution in [0.15, 0.2) is 22.8 Å². The zero-order valence-corrected chi connectivity index (χ0v) is 11.6. The Labute approximate surface area is 120 Å². The molecule has 106 valence electrons. The number of aromatic nitrogens is 2. The van der Waals surface area contributed by atoms with Gasteiger partial charge in [0.25, 0.3) is 5.91 Å². The van der Waals surface area contributed by atoms with Crippen molar-refractivity contribution >= 4 is 27.5 Å². The van der Waals surface area contributed by atoms with Gasteiger partial charge < -0.3 is 4.90 Å². The van der Waals surface area contributed by atoms with Crippen LogP contribution < -0.4 is 0 Å². The average molecular weight is 348 g/mol. The molecule has 4 nitrogen and oxygen atoms in total. The molecular formula is C12H9BrF3N3O. The van der Waals surface area contributed by atoms with E-state index in [0.717, 1.165) is 9.30 Å². The minimum absolute atomic E-state index is 0.252. The van der Waals surface area contributed by atoms with Gasteiger partial charge in [-0.15, -0.1) is 0 Å². The van der Waals surface area contributed by atoms with Gasteiger partial charge in [0.1, 0.15) is 5.65 Å². The number of imidazole rings is 1. The molecule has 0 radical (unpaired) electrons. The standard InChI is InChI=1S/C12H9BrF3N3O/c13-6-1-2-9-17-10(11(16)19(9)3-6)12(20)18-4-7(14)8(15)5-18/h1-3,7-8H,4-5H2/t7-,8+. The molecule has 1 aliphatic rings. The van der Waals surface area contributed by atoms with E-state index in [2.05, 4.69) is 20.9 Å². The minimum Gasteiger partial charge on any atom is -0.331 e. The fraction of sp³-hybridized carbons (Fsp3) is 0.333. The van der Waals surface area contributed by atoms with Crippen LogP contribution in [0.4, 0.5) is 13.2 Å². The number of carbonyl (C=O) groups is 1. The molecule has 8 heteroatoms. The molecule has 20 heavy (non-hydrogen) atoms. The van der Waals surface area contributed by atoms with Gasteiger partial charge in [-0.3, -0.25) is 9.20 Å². The van der Waals surface area contributed by atoms with Crippen molar-refractivity contribution < 1.29 is 18.0 Å². The summed E-state index contributed by atoms with van der Waals surface area (Å²) in [5.41, 5.74) is -0.175. The smallest absolute Gasteiger partial charge is 0.277 e. The second kappa shape index (κ2) is 4.76. The molecule has 1 aliphatic heterocycles. The lowest BCUT2D eigenvalue weighted by Crippen LogP contribution is -2.30. The number of amides is 1. The van der Waals surface area contributed by atoms with E-state index < -0.39 is 29.9 Å². The third-order valence-corrected chi connectivity index (χ3v) is 3.67. The average Bonchev–Trinajstić information content (AvgIpc) is 2.91. The molecular weight excluding hydrogens is 339 g/mol. The van der Waals surface area contributed by atoms with Crippen molar-refractivity contribution in [3.8, 4) is 0 Å². The van der Waals surface area contributed by atoms with Crippen LogP contribution in [0.5, 0.6) is 0 Å². The monoisotopic (exact) mass is 347 g/mol. The van der Waals surface area contributed by atoms with Crippen molar-refractivity contribution in [2.24, 2.45) is 0 Å². The van der Waals surface area contributed by atoms with Gasteiger partial charge in [0.2, 0.25) is 5.95 Å². The topological polar surface area (TPSA) is 37.6 Å². The normalized spacial score (nSPS) is 22.7. The van der Waals surface area contributed by atoms with Crippen LogP contribution in [0.1, 0.15) is 10.5 Å². The van der Waals surface area contributed by atoms with Crippen molar-refractivity contribution in [1.29, 1.82) is 0 Å². The Morgan fingerprint density at radius 1 is 1.30 bits per heavy atom. The fourth-order valence-electron chi connectivity index (χ4n) is 2.17. The number of hydrogen-bond donors (Lipinski definition) is 0. The summed E-state index contributed by atoms with van der Waals surface area (Å²) >= 11 is 3.19. The number of hydrogen-bond acceptors (Lipinski definition) is 2. The molecule has 3 rings (SSSR count). The van der Waals surface area contributed by atoms with Crippen LogP contribution in [0, 0.1) is 5.95 Å². The maximum Gasteiger partial charge on any atom is 0.277 e. The van der Waals surface area contributed by atoms with E-state index in [-0.39, 0.29) is 18.7 Å². The number of carbonyl (C=O) groups excluding carboxylic acids is 1. The van der Waals surface area contributed by atoms with E-state index in [1.807, 2.05) is 0 Å². The van der Waals surface area contributed by atoms with Crippen molar-refractivity contribution in [3.05, 3.63) is 34.4 Å². The van der Waals surface area contributed by atoms with Gasteiger partial charge in [-0.05, 0) is 28.1 Å². The summed E-state index contributed by atoms with van der Waals surface area (Å²) in [5.74, 6) is -1.64. The first-order chi connectivity index (χ1) is 9.47. The van der Waals surface area contributed by atoms with Crippen LogP contribution in [-0.4, -0.2) is 45.6 Å². The highest BCUT2D eigenvalue weighted by Gasteiger charge is 2.37. The Bertz CT molecular complexity index is 680. The van der Waals surface area contributed by atoms with Gasteiger partial charge in [0.15, 0.2) is 18.0 Å². The van der Waals surface area contributed by atoms with Crippen LogP contribution in [0.3, 0.4) is 0 Å². The van der Waals surface area contributed by atoms with Gasteiger partial charge in [0.05, 0.1) is 13.1 Å².